The highest BCUT2D eigenvalue weighted by Crippen LogP contribution is 2.51. The number of rotatable bonds is 5. The van der Waals surface area contributed by atoms with E-state index in [1.807, 2.05) is 12.1 Å². The lowest BCUT2D eigenvalue weighted by molar-refractivity contribution is -0.181. The molecule has 2 heterocycles. The Bertz CT molecular complexity index is 1540. The minimum absolute atomic E-state index is 0.00813. The Morgan fingerprint density at radius 3 is 2.42 bits per heavy atom. The number of hydrogen-bond acceptors (Lipinski definition) is 11. The van der Waals surface area contributed by atoms with Crippen LogP contribution in [0.15, 0.2) is 28.7 Å². The summed E-state index contributed by atoms with van der Waals surface area (Å²) in [6.45, 7) is 4.40. The second-order valence-electron chi connectivity index (χ2n) is 12.6. The van der Waals surface area contributed by atoms with Crippen molar-refractivity contribution < 1.29 is 38.6 Å². The molecule has 0 bridgehead atoms. The molecule has 12 heteroatoms. The molecule has 4 N–H and O–H groups in total. The molecule has 1 aromatic heterocycles. The molecule has 3 fully saturated rings. The number of aliphatic hydroxyl groups is 1. The number of hydrogen-bond donors (Lipinski definition) is 3. The number of ketones is 4. The van der Waals surface area contributed by atoms with Crippen LogP contribution in [0.5, 0.6) is 5.75 Å². The molecule has 0 radical (unpaired) electrons. The van der Waals surface area contributed by atoms with E-state index in [1.165, 1.54) is 11.0 Å². The van der Waals surface area contributed by atoms with Crippen molar-refractivity contribution >= 4 is 29.0 Å². The van der Waals surface area contributed by atoms with Crippen molar-refractivity contribution in [1.29, 1.82) is 0 Å². The third-order valence-electron chi connectivity index (χ3n) is 9.85. The average molecular weight is 593 g/mol. The monoisotopic (exact) mass is 592 g/mol. The summed E-state index contributed by atoms with van der Waals surface area (Å²) in [6.07, 6.45) is 0.163. The molecular formula is C31H36N4O8. The molecule has 1 amide bonds. The highest BCUT2D eigenvalue weighted by Gasteiger charge is 2.69. The molecule has 2 unspecified atom stereocenters. The summed E-state index contributed by atoms with van der Waals surface area (Å²) in [5.41, 5.74) is 3.69. The molecule has 0 spiro atoms. The number of nitrogens with zero attached hydrogens (tertiary/aromatic N) is 3. The van der Waals surface area contributed by atoms with Gasteiger partial charge in [0.2, 0.25) is 5.91 Å². The molecule has 1 aliphatic heterocycles. The number of likely N-dealkylation sites (N-methyl/N-ethyl adjacent to an activating group) is 2. The van der Waals surface area contributed by atoms with E-state index in [0.717, 1.165) is 31.9 Å². The third-order valence-corrected chi connectivity index (χ3v) is 9.85. The zero-order chi connectivity index (χ0) is 31.0. The van der Waals surface area contributed by atoms with Gasteiger partial charge in [-0.15, -0.1) is 0 Å². The summed E-state index contributed by atoms with van der Waals surface area (Å²) >= 11 is 0. The van der Waals surface area contributed by atoms with Crippen LogP contribution in [-0.4, -0.2) is 113 Å². The van der Waals surface area contributed by atoms with E-state index < -0.39 is 64.4 Å². The maximum Gasteiger partial charge on any atom is 0.235 e. The summed E-state index contributed by atoms with van der Waals surface area (Å²) < 4.78 is 6.22. The van der Waals surface area contributed by atoms with Gasteiger partial charge in [0.05, 0.1) is 24.1 Å². The van der Waals surface area contributed by atoms with Gasteiger partial charge in [-0.3, -0.25) is 33.8 Å². The summed E-state index contributed by atoms with van der Waals surface area (Å²) in [5, 5.41) is 22.5. The average Bonchev–Trinajstić information content (AvgIpc) is 3.40. The largest absolute Gasteiger partial charge is 0.507 e. The van der Waals surface area contributed by atoms with Gasteiger partial charge in [0.25, 0.3) is 0 Å². The van der Waals surface area contributed by atoms with Crippen LogP contribution in [0.3, 0.4) is 0 Å². The number of benzene rings is 1. The Morgan fingerprint density at radius 1 is 1.07 bits per heavy atom. The lowest BCUT2D eigenvalue weighted by atomic mass is 9.52. The zero-order valence-electron chi connectivity index (χ0n) is 24.4. The maximum atomic E-state index is 14.0. The van der Waals surface area contributed by atoms with E-state index in [-0.39, 0.29) is 24.2 Å². The van der Waals surface area contributed by atoms with Crippen molar-refractivity contribution in [3.63, 3.8) is 0 Å². The van der Waals surface area contributed by atoms with Crippen LogP contribution in [0.2, 0.25) is 0 Å². The van der Waals surface area contributed by atoms with E-state index in [9.17, 15) is 34.2 Å². The Kier molecular flexibility index (Phi) is 7.15. The molecule has 2 saturated carbocycles. The van der Waals surface area contributed by atoms with Gasteiger partial charge in [0, 0.05) is 37.7 Å². The number of furan rings is 1. The summed E-state index contributed by atoms with van der Waals surface area (Å²) in [7, 11) is 5.20. The fraction of sp³-hybridized carbons (Fsp3) is 0.516. The maximum absolute atomic E-state index is 14.0. The first kappa shape index (κ1) is 29.4. The van der Waals surface area contributed by atoms with Crippen molar-refractivity contribution in [1.82, 2.24) is 14.7 Å². The predicted octanol–water partition coefficient (Wildman–Crippen LogP) is -0.126. The molecular weight excluding hydrogens is 556 g/mol. The molecule has 6 rings (SSSR count). The molecule has 4 aliphatic rings. The van der Waals surface area contributed by atoms with Crippen LogP contribution in [0, 0.1) is 23.7 Å². The Labute approximate surface area is 248 Å². The Hall–Kier alpha value is -3.71. The first-order chi connectivity index (χ1) is 20.3. The molecule has 1 saturated heterocycles. The Morgan fingerprint density at radius 2 is 1.77 bits per heavy atom. The van der Waals surface area contributed by atoms with Gasteiger partial charge < -0.3 is 25.3 Å². The van der Waals surface area contributed by atoms with Crippen molar-refractivity contribution in [2.45, 2.75) is 31.0 Å². The van der Waals surface area contributed by atoms with Gasteiger partial charge >= 0.3 is 0 Å². The van der Waals surface area contributed by atoms with Crippen LogP contribution in [0.4, 0.5) is 0 Å². The number of piperazine rings is 1. The number of phenolic OH excluding ortho intramolecular Hbond substituents is 1. The second kappa shape index (κ2) is 10.5. The van der Waals surface area contributed by atoms with E-state index in [4.69, 9.17) is 10.2 Å². The lowest BCUT2D eigenvalue weighted by Crippen LogP contribution is -2.74. The second-order valence-corrected chi connectivity index (χ2v) is 12.6. The first-order valence-electron chi connectivity index (χ1n) is 14.5. The quantitative estimate of drug-likeness (QED) is 0.395. The van der Waals surface area contributed by atoms with Crippen LogP contribution in [-0.2, 0) is 32.1 Å². The summed E-state index contributed by atoms with van der Waals surface area (Å²) in [6, 6.07) is 5.61. The minimum Gasteiger partial charge on any atom is -0.507 e. The van der Waals surface area contributed by atoms with Crippen LogP contribution < -0.4 is 5.73 Å². The number of aromatic hydroxyl groups is 1. The molecule has 12 nitrogen and oxygen atoms in total. The molecule has 3 aliphatic carbocycles. The highest BCUT2D eigenvalue weighted by molar-refractivity contribution is 6.32. The number of Topliss-reactive ketones (excluding diaryl/α,β-unsaturated/α-hetero) is 4. The van der Waals surface area contributed by atoms with Gasteiger partial charge in [-0.25, -0.2) is 0 Å². The number of fused-ring (bicyclic) bond motifs is 3. The van der Waals surface area contributed by atoms with E-state index in [1.54, 1.807) is 20.2 Å². The van der Waals surface area contributed by atoms with Gasteiger partial charge in [-0.05, 0) is 69.7 Å². The smallest absolute Gasteiger partial charge is 0.235 e. The fourth-order valence-electron chi connectivity index (χ4n) is 7.67. The van der Waals surface area contributed by atoms with Gasteiger partial charge in [0.1, 0.15) is 17.3 Å². The van der Waals surface area contributed by atoms with Crippen molar-refractivity contribution in [2.24, 2.45) is 29.4 Å². The number of primary amides is 1. The number of carbonyl (C=O) groups is 5. The number of nitrogens with two attached hydrogens (primary N) is 1. The normalized spacial score (nSPS) is 31.6. The van der Waals surface area contributed by atoms with Crippen molar-refractivity contribution in [3.05, 3.63) is 41.2 Å². The fourth-order valence-corrected chi connectivity index (χ4v) is 7.67. The molecule has 43 heavy (non-hydrogen) atoms. The molecule has 2 aromatic rings. The van der Waals surface area contributed by atoms with Gasteiger partial charge in [-0.2, -0.15) is 0 Å². The SMILES string of the molecule is CN1CCN(Cc2ccc(-c3ccc(O)c4c3C[C@@H]3C[C@@H]5[C@@H](N(C)C)C(=O)C(C(N)=O)C(=O)[C@]5(O)C(=O)C3C4=O)o2)CC1. The number of amides is 1. The van der Waals surface area contributed by atoms with E-state index in [0.29, 0.717) is 23.4 Å². The third kappa shape index (κ3) is 4.46. The van der Waals surface area contributed by atoms with Crippen LogP contribution >= 0.6 is 0 Å². The van der Waals surface area contributed by atoms with Crippen LogP contribution in [0.25, 0.3) is 11.3 Å². The summed E-state index contributed by atoms with van der Waals surface area (Å²) in [4.78, 5) is 72.8. The highest BCUT2D eigenvalue weighted by atomic mass is 16.3. The standard InChI is InChI=1S/C31H36N4O8/c1-33(2)25-19-13-15-12-18-17(21-7-4-16(43-21)14-35-10-8-34(3)9-11-35)5-6-20(36)23(18)26(37)22(15)28(39)31(19,42)29(40)24(27(25)38)30(32)41/h4-7,15,19,22,24-25,36,42H,8-14H2,1-3H3,(H2,32,41)/t15-,19-,22?,24?,25-,31-/m1/s1. The topological polar surface area (TPSA) is 175 Å². The van der Waals surface area contributed by atoms with Crippen molar-refractivity contribution in [3.8, 4) is 17.1 Å². The van der Waals surface area contributed by atoms with E-state index >= 15 is 0 Å². The van der Waals surface area contributed by atoms with Gasteiger partial charge in [0.15, 0.2) is 34.7 Å². The lowest BCUT2D eigenvalue weighted by Gasteiger charge is -2.52. The number of phenols is 1. The van der Waals surface area contributed by atoms with E-state index in [2.05, 4.69) is 16.8 Å². The predicted molar refractivity (Wildman–Crippen MR) is 152 cm³/mol. The minimum atomic E-state index is -2.75. The molecule has 1 aromatic carbocycles. The Balaban J connectivity index is 1.37. The zero-order valence-corrected chi connectivity index (χ0v) is 24.4. The van der Waals surface area contributed by atoms with Crippen LogP contribution in [0.1, 0.15) is 28.1 Å². The molecule has 6 atom stereocenters. The molecule has 228 valence electrons. The van der Waals surface area contributed by atoms with Gasteiger partial charge in [-0.1, -0.05) is 0 Å². The summed E-state index contributed by atoms with van der Waals surface area (Å²) in [5.74, 6) is -9.40. The van der Waals surface area contributed by atoms with Crippen molar-refractivity contribution in [2.75, 3.05) is 47.3 Å². The first-order valence-corrected chi connectivity index (χ1v) is 14.5. The number of carbonyl (C=O) groups excluding carboxylic acids is 5.